The molecule has 2 heterocycles. The minimum atomic E-state index is -0.506. The van der Waals surface area contributed by atoms with Crippen LogP contribution in [-0.2, 0) is 6.42 Å². The molecule has 2 aromatic heterocycles. The summed E-state index contributed by atoms with van der Waals surface area (Å²) in [6.07, 6.45) is 4.02. The zero-order chi connectivity index (χ0) is 13.0. The number of anilines is 1. The van der Waals surface area contributed by atoms with Crippen molar-refractivity contribution < 1.29 is 4.92 Å². The SMILES string of the molecule is O=[N+]([O-])c1cc(Cl)nc(NCCc2cnc[nH]2)c1. The minimum absolute atomic E-state index is 0.0842. The number of rotatable bonds is 5. The fourth-order valence-corrected chi connectivity index (χ4v) is 1.63. The van der Waals surface area contributed by atoms with Gasteiger partial charge in [0.2, 0.25) is 0 Å². The lowest BCUT2D eigenvalue weighted by atomic mass is 10.3. The predicted octanol–water partition coefficient (Wildman–Crippen LogP) is 2.02. The highest BCUT2D eigenvalue weighted by Gasteiger charge is 2.09. The van der Waals surface area contributed by atoms with Crippen LogP contribution >= 0.6 is 11.6 Å². The van der Waals surface area contributed by atoms with E-state index in [1.165, 1.54) is 12.1 Å². The number of nitro groups is 1. The molecular formula is C10H10ClN5O2. The van der Waals surface area contributed by atoms with Gasteiger partial charge < -0.3 is 10.3 Å². The highest BCUT2D eigenvalue weighted by molar-refractivity contribution is 6.29. The van der Waals surface area contributed by atoms with Crippen molar-refractivity contribution in [3.05, 3.63) is 45.6 Å². The molecule has 2 rings (SSSR count). The minimum Gasteiger partial charge on any atom is -0.369 e. The molecule has 0 saturated heterocycles. The summed E-state index contributed by atoms with van der Waals surface area (Å²) >= 11 is 5.70. The van der Waals surface area contributed by atoms with Crippen molar-refractivity contribution in [3.8, 4) is 0 Å². The Hall–Kier alpha value is -2.15. The third kappa shape index (κ3) is 3.17. The second-order valence-electron chi connectivity index (χ2n) is 3.54. The van der Waals surface area contributed by atoms with Crippen LogP contribution in [0.2, 0.25) is 5.15 Å². The van der Waals surface area contributed by atoms with Crippen LogP contribution < -0.4 is 5.32 Å². The normalized spacial score (nSPS) is 10.3. The summed E-state index contributed by atoms with van der Waals surface area (Å²) in [6, 6.07) is 2.56. The first-order valence-corrected chi connectivity index (χ1v) is 5.56. The molecule has 94 valence electrons. The van der Waals surface area contributed by atoms with E-state index in [1.807, 2.05) is 0 Å². The first-order valence-electron chi connectivity index (χ1n) is 5.18. The summed E-state index contributed by atoms with van der Waals surface area (Å²) in [4.78, 5) is 20.9. The Labute approximate surface area is 107 Å². The first-order chi connectivity index (χ1) is 8.65. The summed E-state index contributed by atoms with van der Waals surface area (Å²) in [5, 5.41) is 13.7. The monoisotopic (exact) mass is 267 g/mol. The number of aromatic amines is 1. The van der Waals surface area contributed by atoms with Gasteiger partial charge in [0, 0.05) is 24.9 Å². The maximum Gasteiger partial charge on any atom is 0.276 e. The van der Waals surface area contributed by atoms with E-state index < -0.39 is 4.92 Å². The van der Waals surface area contributed by atoms with E-state index in [0.717, 1.165) is 5.69 Å². The maximum absolute atomic E-state index is 10.6. The van der Waals surface area contributed by atoms with Crippen molar-refractivity contribution >= 4 is 23.1 Å². The van der Waals surface area contributed by atoms with Crippen LogP contribution in [-0.4, -0.2) is 26.4 Å². The van der Waals surface area contributed by atoms with Gasteiger partial charge in [0.1, 0.15) is 11.0 Å². The van der Waals surface area contributed by atoms with Crippen LogP contribution in [0.1, 0.15) is 5.69 Å². The highest BCUT2D eigenvalue weighted by atomic mass is 35.5. The first kappa shape index (κ1) is 12.3. The molecule has 7 nitrogen and oxygen atoms in total. The van der Waals surface area contributed by atoms with Gasteiger partial charge in [-0.2, -0.15) is 0 Å². The molecule has 2 aromatic rings. The summed E-state index contributed by atoms with van der Waals surface area (Å²) in [6.45, 7) is 0.576. The molecule has 0 aliphatic heterocycles. The summed E-state index contributed by atoms with van der Waals surface area (Å²) in [5.41, 5.74) is 0.887. The van der Waals surface area contributed by atoms with Crippen molar-refractivity contribution in [1.82, 2.24) is 15.0 Å². The molecule has 0 radical (unpaired) electrons. The van der Waals surface area contributed by atoms with Gasteiger partial charge in [0.15, 0.2) is 0 Å². The molecule has 0 spiro atoms. The Bertz CT molecular complexity index is 543. The molecule has 2 N–H and O–H groups in total. The van der Waals surface area contributed by atoms with Crippen LogP contribution in [0, 0.1) is 10.1 Å². The lowest BCUT2D eigenvalue weighted by molar-refractivity contribution is -0.384. The smallest absolute Gasteiger partial charge is 0.276 e. The van der Waals surface area contributed by atoms with Crippen molar-refractivity contribution in [1.29, 1.82) is 0 Å². The molecule has 0 aliphatic rings. The Kier molecular flexibility index (Phi) is 3.73. The Morgan fingerprint density at radius 2 is 2.33 bits per heavy atom. The van der Waals surface area contributed by atoms with E-state index in [9.17, 15) is 10.1 Å². The van der Waals surface area contributed by atoms with Gasteiger partial charge in [0.25, 0.3) is 5.69 Å². The molecule has 0 saturated carbocycles. The number of hydrogen-bond acceptors (Lipinski definition) is 5. The van der Waals surface area contributed by atoms with E-state index in [4.69, 9.17) is 11.6 Å². The second kappa shape index (κ2) is 5.46. The molecule has 0 aromatic carbocycles. The fraction of sp³-hybridized carbons (Fsp3) is 0.200. The van der Waals surface area contributed by atoms with Crippen molar-refractivity contribution in [2.45, 2.75) is 6.42 Å². The average molecular weight is 268 g/mol. The topological polar surface area (TPSA) is 96.7 Å². The number of pyridine rings is 1. The van der Waals surface area contributed by atoms with Gasteiger partial charge >= 0.3 is 0 Å². The zero-order valence-electron chi connectivity index (χ0n) is 9.26. The van der Waals surface area contributed by atoms with Gasteiger partial charge in [0.05, 0.1) is 23.4 Å². The largest absolute Gasteiger partial charge is 0.369 e. The Balaban J connectivity index is 1.98. The number of aromatic nitrogens is 3. The van der Waals surface area contributed by atoms with E-state index >= 15 is 0 Å². The van der Waals surface area contributed by atoms with Crippen LogP contribution in [0.25, 0.3) is 0 Å². The number of nitrogens with one attached hydrogen (secondary N) is 2. The van der Waals surface area contributed by atoms with Gasteiger partial charge in [-0.3, -0.25) is 10.1 Å². The van der Waals surface area contributed by atoms with Gasteiger partial charge in [-0.25, -0.2) is 9.97 Å². The van der Waals surface area contributed by atoms with Crippen LogP contribution in [0.4, 0.5) is 11.5 Å². The molecule has 18 heavy (non-hydrogen) atoms. The molecular weight excluding hydrogens is 258 g/mol. The zero-order valence-corrected chi connectivity index (χ0v) is 10.0. The quantitative estimate of drug-likeness (QED) is 0.491. The number of halogens is 1. The summed E-state index contributed by atoms with van der Waals surface area (Å²) in [5.74, 6) is 0.383. The van der Waals surface area contributed by atoms with Gasteiger partial charge in [-0.1, -0.05) is 11.6 Å². The maximum atomic E-state index is 10.6. The fourth-order valence-electron chi connectivity index (χ4n) is 1.43. The predicted molar refractivity (Wildman–Crippen MR) is 66.7 cm³/mol. The standard InChI is InChI=1S/C10H10ClN5O2/c11-9-3-8(16(17)18)4-10(15-9)13-2-1-7-5-12-6-14-7/h3-6H,1-2H2,(H,12,14)(H,13,15). The van der Waals surface area contributed by atoms with Crippen LogP contribution in [0.5, 0.6) is 0 Å². The number of hydrogen-bond donors (Lipinski definition) is 2. The number of nitrogens with zero attached hydrogens (tertiary/aromatic N) is 3. The van der Waals surface area contributed by atoms with E-state index in [0.29, 0.717) is 18.8 Å². The van der Waals surface area contributed by atoms with Crippen molar-refractivity contribution in [3.63, 3.8) is 0 Å². The third-order valence-electron chi connectivity index (χ3n) is 2.24. The van der Waals surface area contributed by atoms with Gasteiger partial charge in [-0.15, -0.1) is 0 Å². The van der Waals surface area contributed by atoms with E-state index in [-0.39, 0.29) is 10.8 Å². The third-order valence-corrected chi connectivity index (χ3v) is 2.44. The van der Waals surface area contributed by atoms with Crippen LogP contribution in [0.15, 0.2) is 24.7 Å². The molecule has 0 amide bonds. The lowest BCUT2D eigenvalue weighted by Gasteiger charge is -2.04. The van der Waals surface area contributed by atoms with E-state index in [2.05, 4.69) is 20.3 Å². The molecule has 0 atom stereocenters. The summed E-state index contributed by atoms with van der Waals surface area (Å²) < 4.78 is 0. The molecule has 0 unspecified atom stereocenters. The summed E-state index contributed by atoms with van der Waals surface area (Å²) in [7, 11) is 0. The lowest BCUT2D eigenvalue weighted by Crippen LogP contribution is -2.07. The van der Waals surface area contributed by atoms with Crippen molar-refractivity contribution in [2.75, 3.05) is 11.9 Å². The molecule has 0 bridgehead atoms. The van der Waals surface area contributed by atoms with E-state index in [1.54, 1.807) is 12.5 Å². The Morgan fingerprint density at radius 3 is 3.00 bits per heavy atom. The highest BCUT2D eigenvalue weighted by Crippen LogP contribution is 2.20. The number of imidazole rings is 1. The van der Waals surface area contributed by atoms with Crippen molar-refractivity contribution in [2.24, 2.45) is 0 Å². The average Bonchev–Trinajstić information content (AvgIpc) is 2.81. The van der Waals surface area contributed by atoms with Crippen LogP contribution in [0.3, 0.4) is 0 Å². The molecule has 8 heteroatoms. The molecule has 0 aliphatic carbocycles. The number of H-pyrrole nitrogens is 1. The second-order valence-corrected chi connectivity index (χ2v) is 3.93. The Morgan fingerprint density at radius 1 is 1.50 bits per heavy atom. The molecule has 0 fully saturated rings. The van der Waals surface area contributed by atoms with Gasteiger partial charge in [-0.05, 0) is 0 Å².